The fourth-order valence-corrected chi connectivity index (χ4v) is 6.12. The van der Waals surface area contributed by atoms with E-state index in [1.54, 1.807) is 12.3 Å². The van der Waals surface area contributed by atoms with Gasteiger partial charge in [0.15, 0.2) is 0 Å². The van der Waals surface area contributed by atoms with Crippen LogP contribution in [0.15, 0.2) is 24.5 Å². The number of aromatic nitrogens is 1. The zero-order valence-corrected chi connectivity index (χ0v) is 13.3. The zero-order chi connectivity index (χ0) is 15.1. The summed E-state index contributed by atoms with van der Waals surface area (Å²) in [7, 11) is 0. The van der Waals surface area contributed by atoms with E-state index in [9.17, 15) is 8.78 Å². The van der Waals surface area contributed by atoms with Crippen molar-refractivity contribution in [3.63, 3.8) is 0 Å². The van der Waals surface area contributed by atoms with Crippen molar-refractivity contribution in [3.8, 4) is 5.75 Å². The molecule has 0 unspecified atom stereocenters. The predicted molar refractivity (Wildman–Crippen MR) is 71.3 cm³/mol. The first kappa shape index (κ1) is 11.0. The number of halogens is 2. The Morgan fingerprint density at radius 3 is 2.67 bits per heavy atom. The molecule has 0 saturated heterocycles. The van der Waals surface area contributed by atoms with Crippen molar-refractivity contribution in [2.45, 2.75) is 14.8 Å². The molecule has 1 aromatic carbocycles. The Labute approximate surface area is 112 Å². The van der Waals surface area contributed by atoms with E-state index in [0.29, 0.717) is 10.8 Å². The van der Waals surface area contributed by atoms with Crippen LogP contribution in [-0.2, 0) is 0 Å². The van der Waals surface area contributed by atoms with E-state index in [1.807, 2.05) is 0 Å². The van der Waals surface area contributed by atoms with Crippen LogP contribution < -0.4 is 8.32 Å². The van der Waals surface area contributed by atoms with Crippen LogP contribution in [-0.4, -0.2) is 30.2 Å². The molecule has 0 amide bonds. The number of nitrogens with zero attached hydrogens (tertiary/aromatic N) is 1. The van der Waals surface area contributed by atoms with Gasteiger partial charge in [0.05, 0.1) is 0 Å². The summed E-state index contributed by atoms with van der Waals surface area (Å²) < 4.78 is 46.3. The van der Waals surface area contributed by atoms with Crippen LogP contribution in [0.1, 0.15) is 2.74 Å². The van der Waals surface area contributed by atoms with Gasteiger partial charge < -0.3 is 0 Å². The quantitative estimate of drug-likeness (QED) is 0.785. The number of hydrogen-bond acceptors (Lipinski definition) is 2. The first-order valence-corrected chi connectivity index (χ1v) is 15.5. The third kappa shape index (κ3) is 2.43. The zero-order valence-electron chi connectivity index (χ0n) is 12.4. The van der Waals surface area contributed by atoms with Crippen molar-refractivity contribution in [2.75, 3.05) is 6.81 Å². The fourth-order valence-electron chi connectivity index (χ4n) is 1.92. The molecular formula is C13H15F2NOSn. The maximum atomic E-state index is 14.0. The molecule has 0 saturated carbocycles. The van der Waals surface area contributed by atoms with E-state index < -0.39 is 31.0 Å². The Morgan fingerprint density at radius 2 is 2.06 bits per heavy atom. The van der Waals surface area contributed by atoms with Gasteiger partial charge in [0.2, 0.25) is 0 Å². The van der Waals surface area contributed by atoms with Crippen molar-refractivity contribution in [1.82, 2.24) is 4.98 Å². The van der Waals surface area contributed by atoms with Crippen LogP contribution in [0, 0.1) is 5.82 Å². The van der Waals surface area contributed by atoms with E-state index in [0.717, 1.165) is 9.65 Å². The van der Waals surface area contributed by atoms with E-state index in [2.05, 4.69) is 24.5 Å². The Balaban J connectivity index is 2.81. The Morgan fingerprint density at radius 1 is 1.33 bits per heavy atom. The molecule has 5 heteroatoms. The number of ether oxygens (including phenoxy) is 1. The Bertz CT molecular complexity index is 653. The molecule has 0 fully saturated rings. The molecular weight excluding hydrogens is 343 g/mol. The molecule has 1 heterocycles. The predicted octanol–water partition coefficient (Wildman–Crippen LogP) is 3.22. The standard InChI is InChI=1S/C10H6F2NO.3CH3.Sn/c11-6-14-10-8-3-4-13-5-7(8)1-2-9(10)12;;;;/h1-2,4-5H,6H2;3*1H3;/i6D2;;;;. The van der Waals surface area contributed by atoms with Crippen LogP contribution in [0.4, 0.5) is 8.78 Å². The summed E-state index contributed by atoms with van der Waals surface area (Å²) in [6.45, 7) is -3.43. The topological polar surface area (TPSA) is 22.1 Å². The van der Waals surface area contributed by atoms with Crippen LogP contribution in [0.5, 0.6) is 5.75 Å². The van der Waals surface area contributed by atoms with Gasteiger partial charge in [-0.1, -0.05) is 0 Å². The number of benzene rings is 1. The van der Waals surface area contributed by atoms with Crippen molar-refractivity contribution in [1.29, 1.82) is 0 Å². The van der Waals surface area contributed by atoms with Crippen LogP contribution >= 0.6 is 0 Å². The summed E-state index contributed by atoms with van der Waals surface area (Å²) in [6, 6.07) is 2.67. The average Bonchev–Trinajstić information content (AvgIpc) is 2.29. The van der Waals surface area contributed by atoms with Gasteiger partial charge in [0, 0.05) is 0 Å². The normalized spacial score (nSPS) is 14.3. The monoisotopic (exact) mass is 361 g/mol. The molecule has 0 aliphatic rings. The molecule has 2 aromatic rings. The second-order valence-corrected chi connectivity index (χ2v) is 19.5. The van der Waals surface area contributed by atoms with Crippen LogP contribution in [0.25, 0.3) is 10.8 Å². The van der Waals surface area contributed by atoms with E-state index >= 15 is 0 Å². The number of hydrogen-bond donors (Lipinski definition) is 0. The molecule has 0 bridgehead atoms. The molecule has 2 nitrogen and oxygen atoms in total. The average molecular weight is 360 g/mol. The number of pyridine rings is 1. The van der Waals surface area contributed by atoms with Crippen molar-refractivity contribution in [3.05, 3.63) is 30.3 Å². The third-order valence-corrected chi connectivity index (χ3v) is 8.47. The van der Waals surface area contributed by atoms with E-state index in [1.165, 1.54) is 6.20 Å². The maximum absolute atomic E-state index is 14.0. The van der Waals surface area contributed by atoms with Gasteiger partial charge in [-0.05, 0) is 0 Å². The summed E-state index contributed by atoms with van der Waals surface area (Å²) in [5, 5.41) is 1.06. The molecule has 0 atom stereocenters. The van der Waals surface area contributed by atoms with Crippen LogP contribution in [0.3, 0.4) is 0 Å². The number of alkyl halides is 1. The van der Waals surface area contributed by atoms with E-state index in [-0.39, 0.29) is 5.75 Å². The molecule has 2 rings (SSSR count). The minimum atomic E-state index is -3.43. The van der Waals surface area contributed by atoms with Gasteiger partial charge in [-0.2, -0.15) is 0 Å². The molecule has 0 radical (unpaired) electrons. The summed E-state index contributed by atoms with van der Waals surface area (Å²) in [5.74, 6) is -1.15. The summed E-state index contributed by atoms with van der Waals surface area (Å²) >= 11 is -2.65. The van der Waals surface area contributed by atoms with Gasteiger partial charge >= 0.3 is 112 Å². The van der Waals surface area contributed by atoms with Gasteiger partial charge in [0.25, 0.3) is 0 Å². The summed E-state index contributed by atoms with van der Waals surface area (Å²) in [6.07, 6.45) is 3.19. The molecule has 18 heavy (non-hydrogen) atoms. The van der Waals surface area contributed by atoms with Gasteiger partial charge in [0.1, 0.15) is 0 Å². The third-order valence-electron chi connectivity index (χ3n) is 2.78. The Hall–Kier alpha value is -0.911. The second kappa shape index (κ2) is 4.99. The summed E-state index contributed by atoms with van der Waals surface area (Å²) in [4.78, 5) is 10.5. The van der Waals surface area contributed by atoms with E-state index in [4.69, 9.17) is 2.74 Å². The molecule has 0 aliphatic heterocycles. The first-order chi connectivity index (χ1) is 9.09. The SMILES string of the molecule is [2H]C([2H])(F)Oc1c(F)ccc2cnc[c]([Sn]([CH3])([CH3])[CH3])c12. The molecule has 1 aromatic heterocycles. The second-order valence-electron chi connectivity index (χ2n) is 5.09. The number of rotatable bonds is 3. The molecule has 0 aliphatic carbocycles. The van der Waals surface area contributed by atoms with Crippen molar-refractivity contribution < 1.29 is 16.3 Å². The van der Waals surface area contributed by atoms with Gasteiger partial charge in [-0.25, -0.2) is 0 Å². The molecule has 96 valence electrons. The molecule has 0 N–H and O–H groups in total. The van der Waals surface area contributed by atoms with Gasteiger partial charge in [-0.15, -0.1) is 0 Å². The Kier molecular flexibility index (Phi) is 3.04. The van der Waals surface area contributed by atoms with Crippen LogP contribution in [0.2, 0.25) is 14.8 Å². The molecule has 0 spiro atoms. The minimum absolute atomic E-state index is 0.376. The fraction of sp³-hybridized carbons (Fsp3) is 0.308. The first-order valence-electron chi connectivity index (χ1n) is 6.54. The van der Waals surface area contributed by atoms with Gasteiger partial charge in [-0.3, -0.25) is 0 Å². The van der Waals surface area contributed by atoms with Crippen molar-refractivity contribution in [2.24, 2.45) is 0 Å². The number of fused-ring (bicyclic) bond motifs is 1. The van der Waals surface area contributed by atoms with Crippen molar-refractivity contribution >= 4 is 32.7 Å². The summed E-state index contributed by atoms with van der Waals surface area (Å²) in [5.41, 5.74) is 0.